The summed E-state index contributed by atoms with van der Waals surface area (Å²) in [6, 6.07) is 0. The predicted octanol–water partition coefficient (Wildman–Crippen LogP) is 3.11. The molecule has 0 radical (unpaired) electrons. The van der Waals surface area contributed by atoms with Crippen LogP contribution in [-0.4, -0.2) is 19.5 Å². The summed E-state index contributed by atoms with van der Waals surface area (Å²) in [7, 11) is 0. The Morgan fingerprint density at radius 3 is 2.08 bits per heavy atom. The summed E-state index contributed by atoms with van der Waals surface area (Å²) in [6.07, 6.45) is 2.99. The van der Waals surface area contributed by atoms with Crippen molar-refractivity contribution in [2.75, 3.05) is 13.2 Å². The van der Waals surface area contributed by atoms with E-state index in [9.17, 15) is 0 Å². The zero-order valence-corrected chi connectivity index (χ0v) is 10.1. The Labute approximate surface area is 88.5 Å². The van der Waals surface area contributed by atoms with E-state index in [2.05, 4.69) is 35.6 Å². The van der Waals surface area contributed by atoms with Gasteiger partial charge in [-0.2, -0.15) is 0 Å². The average molecular weight is 284 g/mol. The van der Waals surface area contributed by atoms with E-state index in [-0.39, 0.29) is 6.29 Å². The molecule has 0 aliphatic rings. The minimum atomic E-state index is -0.152. The first kappa shape index (κ1) is 12.4. The summed E-state index contributed by atoms with van der Waals surface area (Å²) >= 11 is 2.26. The van der Waals surface area contributed by atoms with Crippen molar-refractivity contribution in [2.45, 2.75) is 33.5 Å². The first-order chi connectivity index (χ1) is 5.76. The molecule has 0 aromatic carbocycles. The fourth-order valence-electron chi connectivity index (χ4n) is 0.801. The molecular weight excluding hydrogens is 267 g/mol. The smallest absolute Gasteiger partial charge is 0.189 e. The molecule has 0 saturated heterocycles. The van der Waals surface area contributed by atoms with Crippen LogP contribution in [0.1, 0.15) is 27.2 Å². The normalized spacial score (nSPS) is 12.6. The van der Waals surface area contributed by atoms with Gasteiger partial charge in [0.2, 0.25) is 0 Å². The lowest BCUT2D eigenvalue weighted by molar-refractivity contribution is -0.105. The molecule has 72 valence electrons. The Morgan fingerprint density at radius 1 is 1.25 bits per heavy atom. The van der Waals surface area contributed by atoms with Crippen molar-refractivity contribution in [3.63, 3.8) is 0 Å². The second-order valence-corrected chi connectivity index (χ2v) is 3.49. The van der Waals surface area contributed by atoms with Gasteiger partial charge in [-0.1, -0.05) is 13.0 Å². The minimum Gasteiger partial charge on any atom is -0.348 e. The van der Waals surface area contributed by atoms with Crippen molar-refractivity contribution < 1.29 is 9.47 Å². The lowest BCUT2D eigenvalue weighted by atomic mass is 10.4. The summed E-state index contributed by atoms with van der Waals surface area (Å²) in [4.78, 5) is 0. The van der Waals surface area contributed by atoms with Gasteiger partial charge in [0.05, 0.1) is 0 Å². The minimum absolute atomic E-state index is 0.152. The summed E-state index contributed by atoms with van der Waals surface area (Å²) in [5.41, 5.74) is 0. The second-order valence-electron chi connectivity index (χ2n) is 2.24. The summed E-state index contributed by atoms with van der Waals surface area (Å²) < 4.78 is 11.9. The molecule has 0 unspecified atom stereocenters. The molecule has 0 saturated carbocycles. The van der Waals surface area contributed by atoms with E-state index in [0.29, 0.717) is 13.2 Å². The molecule has 0 aliphatic heterocycles. The van der Waals surface area contributed by atoms with Gasteiger partial charge >= 0.3 is 0 Å². The maximum Gasteiger partial charge on any atom is 0.189 e. The van der Waals surface area contributed by atoms with Crippen LogP contribution < -0.4 is 0 Å². The van der Waals surface area contributed by atoms with Gasteiger partial charge in [0.15, 0.2) is 6.29 Å². The fraction of sp³-hybridized carbons (Fsp3) is 0.778. The fourth-order valence-corrected chi connectivity index (χ4v) is 1.60. The highest BCUT2D eigenvalue weighted by Crippen LogP contribution is 2.16. The number of rotatable bonds is 6. The number of ether oxygens (including phenoxy) is 2. The van der Waals surface area contributed by atoms with Gasteiger partial charge in [-0.3, -0.25) is 0 Å². The van der Waals surface area contributed by atoms with Crippen molar-refractivity contribution >= 4 is 22.6 Å². The molecule has 0 fully saturated rings. The average Bonchev–Trinajstić information content (AvgIpc) is 2.04. The Morgan fingerprint density at radius 2 is 1.75 bits per heavy atom. The van der Waals surface area contributed by atoms with Crippen molar-refractivity contribution in [2.24, 2.45) is 0 Å². The third kappa shape index (κ3) is 5.11. The van der Waals surface area contributed by atoms with Gasteiger partial charge in [0.1, 0.15) is 0 Å². The molecule has 0 spiro atoms. The maximum absolute atomic E-state index is 5.40. The van der Waals surface area contributed by atoms with E-state index in [1.807, 2.05) is 13.8 Å². The first-order valence-electron chi connectivity index (χ1n) is 4.34. The zero-order chi connectivity index (χ0) is 9.40. The monoisotopic (exact) mass is 284 g/mol. The number of allylic oxidation sites excluding steroid dienone is 1. The van der Waals surface area contributed by atoms with Crippen LogP contribution in [0, 0.1) is 0 Å². The Balaban J connectivity index is 3.98. The Hall–Kier alpha value is 0.390. The van der Waals surface area contributed by atoms with Gasteiger partial charge in [0.25, 0.3) is 0 Å². The van der Waals surface area contributed by atoms with Crippen LogP contribution in [0.4, 0.5) is 0 Å². The molecule has 0 rings (SSSR count). The van der Waals surface area contributed by atoms with Crippen LogP contribution >= 0.6 is 22.6 Å². The molecule has 2 nitrogen and oxygen atoms in total. The predicted molar refractivity (Wildman–Crippen MR) is 59.4 cm³/mol. The van der Waals surface area contributed by atoms with Crippen LogP contribution in [0.3, 0.4) is 0 Å². The van der Waals surface area contributed by atoms with Gasteiger partial charge < -0.3 is 9.47 Å². The molecule has 12 heavy (non-hydrogen) atoms. The third-order valence-electron chi connectivity index (χ3n) is 1.26. The van der Waals surface area contributed by atoms with Crippen LogP contribution in [0.25, 0.3) is 0 Å². The third-order valence-corrected chi connectivity index (χ3v) is 2.21. The first-order valence-corrected chi connectivity index (χ1v) is 5.42. The highest BCUT2D eigenvalue weighted by atomic mass is 127. The molecule has 0 aromatic heterocycles. The molecule has 0 atom stereocenters. The summed E-state index contributed by atoms with van der Waals surface area (Å²) in [5.74, 6) is 0. The second kappa shape index (κ2) is 8.01. The standard InChI is InChI=1S/C9H17IO2/c1-4-7-8(10)9(11-5-2)12-6-3/h7,9H,4-6H2,1-3H3/b8-7-. The lowest BCUT2D eigenvalue weighted by Gasteiger charge is -2.16. The van der Waals surface area contributed by atoms with Gasteiger partial charge in [0, 0.05) is 16.8 Å². The number of hydrogen-bond acceptors (Lipinski definition) is 2. The highest BCUT2D eigenvalue weighted by molar-refractivity contribution is 14.1. The Kier molecular flexibility index (Phi) is 8.27. The maximum atomic E-state index is 5.40. The van der Waals surface area contributed by atoms with Crippen LogP contribution in [0.5, 0.6) is 0 Å². The summed E-state index contributed by atoms with van der Waals surface area (Å²) in [6.45, 7) is 7.43. The largest absolute Gasteiger partial charge is 0.348 e. The van der Waals surface area contributed by atoms with E-state index >= 15 is 0 Å². The molecule has 0 bridgehead atoms. The van der Waals surface area contributed by atoms with Gasteiger partial charge in [-0.25, -0.2) is 0 Å². The van der Waals surface area contributed by atoms with E-state index in [4.69, 9.17) is 9.47 Å². The van der Waals surface area contributed by atoms with Gasteiger partial charge in [-0.15, -0.1) is 0 Å². The highest BCUT2D eigenvalue weighted by Gasteiger charge is 2.10. The number of halogens is 1. The van der Waals surface area contributed by atoms with Crippen LogP contribution in [-0.2, 0) is 9.47 Å². The SMILES string of the molecule is CC/C=C(\I)C(OCC)OCC. The topological polar surface area (TPSA) is 18.5 Å². The van der Waals surface area contributed by atoms with E-state index < -0.39 is 0 Å². The summed E-state index contributed by atoms with van der Waals surface area (Å²) in [5, 5.41) is 0. The number of hydrogen-bond donors (Lipinski definition) is 0. The van der Waals surface area contributed by atoms with Crippen molar-refractivity contribution in [1.82, 2.24) is 0 Å². The van der Waals surface area contributed by atoms with Crippen LogP contribution in [0.2, 0.25) is 0 Å². The molecule has 0 aliphatic carbocycles. The van der Waals surface area contributed by atoms with Crippen LogP contribution in [0.15, 0.2) is 9.66 Å². The Bertz CT molecular complexity index is 128. The molecule has 0 aromatic rings. The molecule has 0 heterocycles. The van der Waals surface area contributed by atoms with Crippen molar-refractivity contribution in [3.8, 4) is 0 Å². The molecule has 0 amide bonds. The van der Waals surface area contributed by atoms with Gasteiger partial charge in [-0.05, 0) is 42.9 Å². The molecule has 0 N–H and O–H groups in total. The molecule has 3 heteroatoms. The van der Waals surface area contributed by atoms with Crippen molar-refractivity contribution in [3.05, 3.63) is 9.66 Å². The van der Waals surface area contributed by atoms with E-state index in [1.165, 1.54) is 0 Å². The van der Waals surface area contributed by atoms with E-state index in [1.54, 1.807) is 0 Å². The molecular formula is C9H17IO2. The quantitative estimate of drug-likeness (QED) is 0.551. The lowest BCUT2D eigenvalue weighted by Crippen LogP contribution is -2.17. The van der Waals surface area contributed by atoms with E-state index in [0.717, 1.165) is 10.0 Å². The van der Waals surface area contributed by atoms with Crippen molar-refractivity contribution in [1.29, 1.82) is 0 Å². The zero-order valence-electron chi connectivity index (χ0n) is 7.97.